The maximum absolute atomic E-state index is 12.6. The summed E-state index contributed by atoms with van der Waals surface area (Å²) in [5, 5.41) is 28.8. The SMILES string of the molecule is CCN(CC)c1ccc(C(=O)c2ccc(O)cc2C(=O)O)c(O)c1. The topological polar surface area (TPSA) is 98.1 Å². The van der Waals surface area contributed by atoms with Crippen LogP contribution in [0.4, 0.5) is 5.69 Å². The van der Waals surface area contributed by atoms with Crippen LogP contribution in [0, 0.1) is 0 Å². The molecule has 6 nitrogen and oxygen atoms in total. The van der Waals surface area contributed by atoms with Gasteiger partial charge in [0.25, 0.3) is 0 Å². The molecule has 0 aromatic heterocycles. The Morgan fingerprint density at radius 1 is 0.917 bits per heavy atom. The Morgan fingerprint density at radius 2 is 1.54 bits per heavy atom. The predicted molar refractivity (Wildman–Crippen MR) is 90.2 cm³/mol. The lowest BCUT2D eigenvalue weighted by Crippen LogP contribution is -2.21. The van der Waals surface area contributed by atoms with E-state index in [1.165, 1.54) is 24.3 Å². The van der Waals surface area contributed by atoms with Crippen LogP contribution < -0.4 is 4.90 Å². The van der Waals surface area contributed by atoms with Gasteiger partial charge in [-0.1, -0.05) is 0 Å². The van der Waals surface area contributed by atoms with Crippen molar-refractivity contribution in [1.29, 1.82) is 0 Å². The number of ketones is 1. The Bertz CT molecular complexity index is 781. The molecule has 0 saturated carbocycles. The summed E-state index contributed by atoms with van der Waals surface area (Å²) in [7, 11) is 0. The van der Waals surface area contributed by atoms with E-state index < -0.39 is 11.8 Å². The number of phenols is 2. The molecule has 0 fully saturated rings. The highest BCUT2D eigenvalue weighted by Gasteiger charge is 2.21. The first-order chi connectivity index (χ1) is 11.4. The van der Waals surface area contributed by atoms with Crippen LogP contribution in [0.1, 0.15) is 40.1 Å². The fourth-order valence-corrected chi connectivity index (χ4v) is 2.55. The molecule has 0 spiro atoms. The van der Waals surface area contributed by atoms with Gasteiger partial charge in [0.1, 0.15) is 11.5 Å². The smallest absolute Gasteiger partial charge is 0.336 e. The third-order valence-electron chi connectivity index (χ3n) is 3.83. The molecule has 0 amide bonds. The molecule has 0 aliphatic heterocycles. The van der Waals surface area contributed by atoms with Gasteiger partial charge in [-0.3, -0.25) is 4.79 Å². The third-order valence-corrected chi connectivity index (χ3v) is 3.83. The first-order valence-electron chi connectivity index (χ1n) is 7.58. The maximum atomic E-state index is 12.6. The molecule has 3 N–H and O–H groups in total. The third kappa shape index (κ3) is 3.32. The van der Waals surface area contributed by atoms with Gasteiger partial charge in [-0.2, -0.15) is 0 Å². The largest absolute Gasteiger partial charge is 0.508 e. The minimum Gasteiger partial charge on any atom is -0.508 e. The zero-order valence-corrected chi connectivity index (χ0v) is 13.5. The van der Waals surface area contributed by atoms with E-state index in [2.05, 4.69) is 0 Å². The van der Waals surface area contributed by atoms with Gasteiger partial charge in [-0.05, 0) is 44.2 Å². The number of aromatic carboxylic acids is 1. The molecular formula is C18H19NO5. The number of aromatic hydroxyl groups is 2. The van der Waals surface area contributed by atoms with Gasteiger partial charge in [0.05, 0.1) is 11.1 Å². The van der Waals surface area contributed by atoms with Crippen molar-refractivity contribution in [1.82, 2.24) is 0 Å². The molecule has 0 aliphatic rings. The highest BCUT2D eigenvalue weighted by atomic mass is 16.4. The second-order valence-corrected chi connectivity index (χ2v) is 5.24. The van der Waals surface area contributed by atoms with E-state index in [4.69, 9.17) is 0 Å². The first-order valence-corrected chi connectivity index (χ1v) is 7.58. The zero-order valence-electron chi connectivity index (χ0n) is 13.5. The Hall–Kier alpha value is -3.02. The number of hydrogen-bond acceptors (Lipinski definition) is 5. The molecule has 0 aliphatic carbocycles. The van der Waals surface area contributed by atoms with E-state index in [0.717, 1.165) is 24.8 Å². The normalized spacial score (nSPS) is 10.4. The van der Waals surface area contributed by atoms with E-state index in [9.17, 15) is 24.9 Å². The number of benzene rings is 2. The second-order valence-electron chi connectivity index (χ2n) is 5.24. The number of carboxylic acid groups (broad SMARTS) is 1. The lowest BCUT2D eigenvalue weighted by molar-refractivity contribution is 0.0692. The van der Waals surface area contributed by atoms with Gasteiger partial charge in [0.15, 0.2) is 5.78 Å². The number of rotatable bonds is 6. The molecule has 0 unspecified atom stereocenters. The summed E-state index contributed by atoms with van der Waals surface area (Å²) in [5.41, 5.74) is 0.385. The number of nitrogens with zero attached hydrogens (tertiary/aromatic N) is 1. The van der Waals surface area contributed by atoms with E-state index in [-0.39, 0.29) is 28.2 Å². The van der Waals surface area contributed by atoms with Gasteiger partial charge in [-0.25, -0.2) is 4.79 Å². The Labute approximate surface area is 139 Å². The molecule has 0 bridgehead atoms. The molecular weight excluding hydrogens is 310 g/mol. The number of carbonyl (C=O) groups excluding carboxylic acids is 1. The summed E-state index contributed by atoms with van der Waals surface area (Å²) in [5.74, 6) is -2.40. The van der Waals surface area contributed by atoms with Crippen LogP contribution in [0.15, 0.2) is 36.4 Å². The van der Waals surface area contributed by atoms with Crippen molar-refractivity contribution in [3.05, 3.63) is 53.1 Å². The summed E-state index contributed by atoms with van der Waals surface area (Å²) < 4.78 is 0. The fraction of sp³-hybridized carbons (Fsp3) is 0.222. The second kappa shape index (κ2) is 7.04. The van der Waals surface area contributed by atoms with Crippen molar-refractivity contribution in [2.24, 2.45) is 0 Å². The van der Waals surface area contributed by atoms with Gasteiger partial charge in [-0.15, -0.1) is 0 Å². The highest BCUT2D eigenvalue weighted by Crippen LogP contribution is 2.28. The van der Waals surface area contributed by atoms with Crippen LogP contribution in [0.2, 0.25) is 0 Å². The zero-order chi connectivity index (χ0) is 17.9. The summed E-state index contributed by atoms with van der Waals surface area (Å²) in [6, 6.07) is 8.16. The first kappa shape index (κ1) is 17.3. The standard InChI is InChI=1S/C18H19NO5/c1-3-19(4-2)11-5-7-14(16(21)9-11)17(22)13-8-6-12(20)10-15(13)18(23)24/h5-10,20-21H,3-4H2,1-2H3,(H,23,24). The molecule has 2 aromatic carbocycles. The molecule has 24 heavy (non-hydrogen) atoms. The van der Waals surface area contributed by atoms with E-state index in [0.29, 0.717) is 0 Å². The monoisotopic (exact) mass is 329 g/mol. The van der Waals surface area contributed by atoms with Gasteiger partial charge in [0, 0.05) is 30.4 Å². The van der Waals surface area contributed by atoms with E-state index in [1.54, 1.807) is 6.07 Å². The number of carboxylic acids is 1. The van der Waals surface area contributed by atoms with Crippen LogP contribution >= 0.6 is 0 Å². The highest BCUT2D eigenvalue weighted by molar-refractivity contribution is 6.15. The Balaban J connectivity index is 2.46. The van der Waals surface area contributed by atoms with Gasteiger partial charge in [0.2, 0.25) is 0 Å². The molecule has 2 rings (SSSR count). The predicted octanol–water partition coefficient (Wildman–Crippen LogP) is 2.87. The van der Waals surface area contributed by atoms with Crippen molar-refractivity contribution in [3.8, 4) is 11.5 Å². The summed E-state index contributed by atoms with van der Waals surface area (Å²) in [6.45, 7) is 5.47. The minimum absolute atomic E-state index is 0.0131. The fourth-order valence-electron chi connectivity index (χ4n) is 2.55. The van der Waals surface area contributed by atoms with Crippen molar-refractivity contribution in [2.75, 3.05) is 18.0 Å². The van der Waals surface area contributed by atoms with Crippen LogP contribution in [-0.2, 0) is 0 Å². The van der Waals surface area contributed by atoms with Crippen molar-refractivity contribution in [2.45, 2.75) is 13.8 Å². The van der Waals surface area contributed by atoms with Crippen molar-refractivity contribution < 1.29 is 24.9 Å². The molecule has 126 valence electrons. The lowest BCUT2D eigenvalue weighted by atomic mass is 9.97. The van der Waals surface area contributed by atoms with Crippen LogP contribution in [-0.4, -0.2) is 40.2 Å². The average molecular weight is 329 g/mol. The number of carbonyl (C=O) groups is 2. The average Bonchev–Trinajstić information content (AvgIpc) is 2.55. The number of anilines is 1. The van der Waals surface area contributed by atoms with Crippen molar-refractivity contribution in [3.63, 3.8) is 0 Å². The summed E-state index contributed by atoms with van der Waals surface area (Å²) >= 11 is 0. The number of phenolic OH excluding ortho intramolecular Hbond substituents is 2. The molecule has 0 radical (unpaired) electrons. The minimum atomic E-state index is -1.33. The van der Waals surface area contributed by atoms with Gasteiger partial charge < -0.3 is 20.2 Å². The van der Waals surface area contributed by atoms with Crippen molar-refractivity contribution >= 4 is 17.4 Å². The molecule has 6 heteroatoms. The summed E-state index contributed by atoms with van der Waals surface area (Å²) in [4.78, 5) is 25.9. The number of hydrogen-bond donors (Lipinski definition) is 3. The Kier molecular flexibility index (Phi) is 5.08. The van der Waals surface area contributed by atoms with Crippen LogP contribution in [0.25, 0.3) is 0 Å². The van der Waals surface area contributed by atoms with Crippen LogP contribution in [0.5, 0.6) is 11.5 Å². The quantitative estimate of drug-likeness (QED) is 0.705. The molecule has 0 saturated heterocycles. The van der Waals surface area contributed by atoms with E-state index in [1.807, 2.05) is 18.7 Å². The summed E-state index contributed by atoms with van der Waals surface area (Å²) in [6.07, 6.45) is 0. The van der Waals surface area contributed by atoms with Gasteiger partial charge >= 0.3 is 5.97 Å². The van der Waals surface area contributed by atoms with E-state index >= 15 is 0 Å². The molecule has 0 heterocycles. The van der Waals surface area contributed by atoms with Crippen LogP contribution in [0.3, 0.4) is 0 Å². The maximum Gasteiger partial charge on any atom is 0.336 e. The molecule has 2 aromatic rings. The molecule has 0 atom stereocenters. The lowest BCUT2D eigenvalue weighted by Gasteiger charge is -2.21. The Morgan fingerprint density at radius 3 is 2.08 bits per heavy atom.